The third kappa shape index (κ3) is 3.51. The number of carbonyl (C=O) groups is 3. The molecule has 1 atom stereocenters. The lowest BCUT2D eigenvalue weighted by atomic mass is 9.96. The Morgan fingerprint density at radius 2 is 1.90 bits per heavy atom. The van der Waals surface area contributed by atoms with Crippen LogP contribution in [-0.4, -0.2) is 40.0 Å². The number of ether oxygens (including phenoxy) is 1. The first-order valence-corrected chi connectivity index (χ1v) is 9.33. The Morgan fingerprint density at radius 3 is 2.52 bits per heavy atom. The SMILES string of the molecule is Cc1[nH]c(C(=O)OCC(=O)N2c3ccccc3NC(=O)C2(C)C)c(C)c1[C@H](C)O. The van der Waals surface area contributed by atoms with Crippen molar-refractivity contribution in [1.29, 1.82) is 0 Å². The fraction of sp³-hybridized carbons (Fsp3) is 0.381. The minimum Gasteiger partial charge on any atom is -0.451 e. The number of aryl methyl sites for hydroxylation is 1. The molecule has 0 aliphatic carbocycles. The predicted octanol–water partition coefficient (Wildman–Crippen LogP) is 2.61. The first-order chi connectivity index (χ1) is 13.6. The highest BCUT2D eigenvalue weighted by Gasteiger charge is 2.43. The van der Waals surface area contributed by atoms with Gasteiger partial charge < -0.3 is 20.1 Å². The van der Waals surface area contributed by atoms with Gasteiger partial charge in [-0.05, 0) is 52.3 Å². The average Bonchev–Trinajstić information content (AvgIpc) is 2.94. The van der Waals surface area contributed by atoms with Gasteiger partial charge in [-0.25, -0.2) is 4.79 Å². The zero-order valence-electron chi connectivity index (χ0n) is 17.1. The van der Waals surface area contributed by atoms with Gasteiger partial charge in [0.25, 0.3) is 5.91 Å². The molecular formula is C21H25N3O5. The number of aromatic nitrogens is 1. The number of hydrogen-bond acceptors (Lipinski definition) is 5. The number of hydrogen-bond donors (Lipinski definition) is 3. The number of fused-ring (bicyclic) bond motifs is 1. The molecule has 154 valence electrons. The van der Waals surface area contributed by atoms with E-state index in [1.165, 1.54) is 4.90 Å². The predicted molar refractivity (Wildman–Crippen MR) is 108 cm³/mol. The third-order valence-electron chi connectivity index (χ3n) is 5.20. The van der Waals surface area contributed by atoms with Crippen molar-refractivity contribution in [3.63, 3.8) is 0 Å². The number of benzene rings is 1. The number of para-hydroxylation sites is 2. The van der Waals surface area contributed by atoms with E-state index in [-0.39, 0.29) is 11.6 Å². The molecule has 1 aliphatic rings. The average molecular weight is 399 g/mol. The van der Waals surface area contributed by atoms with Crippen LogP contribution in [-0.2, 0) is 14.3 Å². The van der Waals surface area contributed by atoms with Gasteiger partial charge in [0.15, 0.2) is 6.61 Å². The molecule has 8 nitrogen and oxygen atoms in total. The maximum absolute atomic E-state index is 12.9. The van der Waals surface area contributed by atoms with Crippen molar-refractivity contribution in [2.45, 2.75) is 46.3 Å². The summed E-state index contributed by atoms with van der Waals surface area (Å²) in [6.45, 7) is 7.81. The van der Waals surface area contributed by atoms with Gasteiger partial charge in [-0.2, -0.15) is 0 Å². The lowest BCUT2D eigenvalue weighted by Gasteiger charge is -2.41. The molecule has 0 unspecified atom stereocenters. The number of aromatic amines is 1. The van der Waals surface area contributed by atoms with Crippen LogP contribution >= 0.6 is 0 Å². The van der Waals surface area contributed by atoms with Crippen molar-refractivity contribution >= 4 is 29.2 Å². The van der Waals surface area contributed by atoms with Gasteiger partial charge in [0, 0.05) is 11.3 Å². The van der Waals surface area contributed by atoms with E-state index in [1.807, 2.05) is 0 Å². The van der Waals surface area contributed by atoms with Crippen LogP contribution in [0.3, 0.4) is 0 Å². The van der Waals surface area contributed by atoms with Crippen LogP contribution in [0.2, 0.25) is 0 Å². The molecule has 1 aliphatic heterocycles. The smallest absolute Gasteiger partial charge is 0.355 e. The van der Waals surface area contributed by atoms with Crippen LogP contribution in [0.25, 0.3) is 0 Å². The van der Waals surface area contributed by atoms with E-state index < -0.39 is 30.1 Å². The minimum atomic E-state index is -1.14. The molecule has 0 spiro atoms. The first-order valence-electron chi connectivity index (χ1n) is 9.33. The Morgan fingerprint density at radius 1 is 1.24 bits per heavy atom. The Hall–Kier alpha value is -3.13. The highest BCUT2D eigenvalue weighted by atomic mass is 16.5. The second-order valence-electron chi connectivity index (χ2n) is 7.68. The van der Waals surface area contributed by atoms with Crippen LogP contribution in [0.1, 0.15) is 54.2 Å². The number of amides is 2. The summed E-state index contributed by atoms with van der Waals surface area (Å²) in [5, 5.41) is 12.7. The zero-order valence-corrected chi connectivity index (χ0v) is 17.1. The van der Waals surface area contributed by atoms with E-state index in [0.717, 1.165) is 0 Å². The fourth-order valence-electron chi connectivity index (χ4n) is 3.76. The molecular weight excluding hydrogens is 374 g/mol. The van der Waals surface area contributed by atoms with Crippen LogP contribution < -0.4 is 10.2 Å². The summed E-state index contributed by atoms with van der Waals surface area (Å²) in [5.41, 5.74) is 2.00. The molecule has 0 fully saturated rings. The summed E-state index contributed by atoms with van der Waals surface area (Å²) in [7, 11) is 0. The van der Waals surface area contributed by atoms with E-state index in [1.54, 1.807) is 58.9 Å². The van der Waals surface area contributed by atoms with E-state index in [0.29, 0.717) is 28.2 Å². The van der Waals surface area contributed by atoms with Gasteiger partial charge in [-0.3, -0.25) is 14.5 Å². The molecule has 3 N–H and O–H groups in total. The molecule has 0 bridgehead atoms. The Bertz CT molecular complexity index is 990. The number of H-pyrrole nitrogens is 1. The maximum Gasteiger partial charge on any atom is 0.355 e. The van der Waals surface area contributed by atoms with Crippen LogP contribution in [0.15, 0.2) is 24.3 Å². The van der Waals surface area contributed by atoms with E-state index in [2.05, 4.69) is 10.3 Å². The summed E-state index contributed by atoms with van der Waals surface area (Å²) in [6.07, 6.45) is -0.737. The van der Waals surface area contributed by atoms with Crippen molar-refractivity contribution in [2.75, 3.05) is 16.8 Å². The topological polar surface area (TPSA) is 112 Å². The number of rotatable bonds is 4. The van der Waals surface area contributed by atoms with Crippen molar-refractivity contribution in [1.82, 2.24) is 4.98 Å². The fourth-order valence-corrected chi connectivity index (χ4v) is 3.76. The van der Waals surface area contributed by atoms with Crippen molar-refractivity contribution in [2.24, 2.45) is 0 Å². The summed E-state index contributed by atoms with van der Waals surface area (Å²) in [5.74, 6) is -1.53. The normalized spacial score (nSPS) is 16.1. The Balaban J connectivity index is 1.81. The molecule has 0 radical (unpaired) electrons. The van der Waals surface area contributed by atoms with Gasteiger partial charge in [0.1, 0.15) is 11.2 Å². The molecule has 29 heavy (non-hydrogen) atoms. The molecule has 0 saturated heterocycles. The lowest BCUT2D eigenvalue weighted by molar-refractivity contribution is -0.128. The lowest BCUT2D eigenvalue weighted by Crippen LogP contribution is -2.59. The van der Waals surface area contributed by atoms with Crippen molar-refractivity contribution in [3.8, 4) is 0 Å². The second kappa shape index (κ2) is 7.36. The Labute approximate surface area is 168 Å². The van der Waals surface area contributed by atoms with Gasteiger partial charge >= 0.3 is 5.97 Å². The number of nitrogens with zero attached hydrogens (tertiary/aromatic N) is 1. The van der Waals surface area contributed by atoms with Gasteiger partial charge in [-0.1, -0.05) is 12.1 Å². The van der Waals surface area contributed by atoms with E-state index in [4.69, 9.17) is 4.74 Å². The van der Waals surface area contributed by atoms with Gasteiger partial charge in [0.2, 0.25) is 5.91 Å². The molecule has 1 aromatic heterocycles. The number of anilines is 2. The number of nitrogens with one attached hydrogen (secondary N) is 2. The number of aliphatic hydroxyl groups is 1. The second-order valence-corrected chi connectivity index (χ2v) is 7.68. The minimum absolute atomic E-state index is 0.197. The number of aliphatic hydroxyl groups excluding tert-OH is 1. The largest absolute Gasteiger partial charge is 0.451 e. The highest BCUT2D eigenvalue weighted by molar-refractivity contribution is 6.14. The quantitative estimate of drug-likeness (QED) is 0.684. The van der Waals surface area contributed by atoms with Crippen molar-refractivity contribution < 1.29 is 24.2 Å². The molecule has 8 heteroatoms. The summed E-state index contributed by atoms with van der Waals surface area (Å²) >= 11 is 0. The maximum atomic E-state index is 12.9. The summed E-state index contributed by atoms with van der Waals surface area (Å²) < 4.78 is 5.24. The number of carbonyl (C=O) groups excluding carboxylic acids is 3. The number of esters is 1. The van der Waals surface area contributed by atoms with Crippen LogP contribution in [0, 0.1) is 13.8 Å². The molecule has 2 heterocycles. The third-order valence-corrected chi connectivity index (χ3v) is 5.20. The standard InChI is InChI=1S/C21H25N3O5/c1-11-17(13(3)25)12(2)22-18(11)19(27)29-10-16(26)24-15-9-7-6-8-14(15)23-20(28)21(24,4)5/h6-9,13,22,25H,10H2,1-5H3,(H,23,28)/t13-/m0/s1. The monoisotopic (exact) mass is 399 g/mol. The van der Waals surface area contributed by atoms with Crippen LogP contribution in [0.4, 0.5) is 11.4 Å². The zero-order chi connectivity index (χ0) is 21.5. The van der Waals surface area contributed by atoms with Crippen LogP contribution in [0.5, 0.6) is 0 Å². The van der Waals surface area contributed by atoms with Crippen molar-refractivity contribution in [3.05, 3.63) is 46.8 Å². The molecule has 2 amide bonds. The molecule has 1 aromatic carbocycles. The molecule has 2 aromatic rings. The van der Waals surface area contributed by atoms with Gasteiger partial charge in [0.05, 0.1) is 17.5 Å². The molecule has 0 saturated carbocycles. The molecule has 3 rings (SSSR count). The van der Waals surface area contributed by atoms with E-state index >= 15 is 0 Å². The summed E-state index contributed by atoms with van der Waals surface area (Å²) in [6, 6.07) is 6.96. The first kappa shape index (κ1) is 20.6. The highest BCUT2D eigenvalue weighted by Crippen LogP contribution is 2.36. The Kier molecular flexibility index (Phi) is 5.23. The van der Waals surface area contributed by atoms with E-state index in [9.17, 15) is 19.5 Å². The summed E-state index contributed by atoms with van der Waals surface area (Å²) in [4.78, 5) is 42.2. The van der Waals surface area contributed by atoms with Gasteiger partial charge in [-0.15, -0.1) is 0 Å².